The molecule has 3 aliphatic rings. The number of ether oxygens (including phenoxy) is 2. The number of nitrogens with zero attached hydrogens (tertiary/aromatic N) is 3. The molecule has 0 radical (unpaired) electrons. The van der Waals surface area contributed by atoms with Crippen molar-refractivity contribution in [3.8, 4) is 11.9 Å². The minimum absolute atomic E-state index is 0.208. The molecule has 2 heterocycles. The number of anilines is 1. The summed E-state index contributed by atoms with van der Waals surface area (Å²) in [6.07, 6.45) is 14.9. The molecule has 1 saturated carbocycles. The van der Waals surface area contributed by atoms with Crippen LogP contribution in [0, 0.1) is 11.8 Å². The molecule has 0 amide bonds. The van der Waals surface area contributed by atoms with Gasteiger partial charge in [-0.25, -0.2) is 0 Å². The van der Waals surface area contributed by atoms with E-state index in [4.69, 9.17) is 15.2 Å². The summed E-state index contributed by atoms with van der Waals surface area (Å²) in [4.78, 5) is 10.6. The van der Waals surface area contributed by atoms with Crippen LogP contribution >= 0.6 is 0 Å². The van der Waals surface area contributed by atoms with Gasteiger partial charge in [0, 0.05) is 0 Å². The van der Waals surface area contributed by atoms with Crippen molar-refractivity contribution in [2.24, 2.45) is 11.8 Å². The van der Waals surface area contributed by atoms with Gasteiger partial charge >= 0.3 is 161 Å². The van der Waals surface area contributed by atoms with Gasteiger partial charge in [-0.3, -0.25) is 0 Å². The van der Waals surface area contributed by atoms with Crippen molar-refractivity contribution >= 4 is 18.9 Å². The van der Waals surface area contributed by atoms with Gasteiger partial charge in [0.1, 0.15) is 0 Å². The van der Waals surface area contributed by atoms with Crippen molar-refractivity contribution in [2.45, 2.75) is 38.5 Å². The van der Waals surface area contributed by atoms with Gasteiger partial charge in [0.05, 0.1) is 0 Å². The molecule has 0 saturated heterocycles. The van der Waals surface area contributed by atoms with Crippen molar-refractivity contribution < 1.29 is 9.47 Å². The van der Waals surface area contributed by atoms with Crippen LogP contribution in [0.1, 0.15) is 44.1 Å². The molecule has 2 aliphatic carbocycles. The summed E-state index contributed by atoms with van der Waals surface area (Å²) < 4.78 is 10.9. The van der Waals surface area contributed by atoms with Crippen LogP contribution < -0.4 is 15.2 Å². The average molecular weight is 366 g/mol. The zero-order chi connectivity index (χ0) is 18.8. The van der Waals surface area contributed by atoms with E-state index in [0.29, 0.717) is 36.3 Å². The molecular formula is C20H27BN4O2. The molecule has 27 heavy (non-hydrogen) atoms. The molecule has 1 aliphatic heterocycles. The second-order valence-electron chi connectivity index (χ2n) is 7.51. The Hall–Kier alpha value is -2.31. The molecule has 0 aromatic carbocycles. The van der Waals surface area contributed by atoms with Gasteiger partial charge in [-0.15, -0.1) is 0 Å². The molecule has 4 rings (SSSR count). The Labute approximate surface area is 161 Å². The predicted octanol–water partition coefficient (Wildman–Crippen LogP) is 2.18. The number of rotatable bonds is 3. The van der Waals surface area contributed by atoms with E-state index in [0.717, 1.165) is 23.6 Å². The van der Waals surface area contributed by atoms with E-state index >= 15 is 0 Å². The number of nitrogen functional groups attached to an aromatic ring is 1. The van der Waals surface area contributed by atoms with Gasteiger partial charge in [0.25, 0.3) is 0 Å². The monoisotopic (exact) mass is 366 g/mol. The van der Waals surface area contributed by atoms with Crippen LogP contribution in [0.2, 0.25) is 0 Å². The first-order chi connectivity index (χ1) is 13.2. The van der Waals surface area contributed by atoms with Crippen molar-refractivity contribution in [2.75, 3.05) is 26.0 Å². The van der Waals surface area contributed by atoms with Crippen LogP contribution in [0.5, 0.6) is 11.9 Å². The van der Waals surface area contributed by atoms with Crippen molar-refractivity contribution in [1.29, 1.82) is 0 Å². The SMILES string of the molecule is B=C1c2c(N)nc(OC)nc2OCCN1C1=CCC(C2CCCCC2)C=C1. The van der Waals surface area contributed by atoms with Gasteiger partial charge in [-0.1, -0.05) is 0 Å². The number of methoxy groups -OCH3 is 1. The minimum atomic E-state index is 0.208. The van der Waals surface area contributed by atoms with Crippen LogP contribution in [0.25, 0.3) is 0 Å². The third kappa shape index (κ3) is 3.60. The Bertz CT molecular complexity index is 786. The van der Waals surface area contributed by atoms with Crippen molar-refractivity contribution in [3.63, 3.8) is 0 Å². The van der Waals surface area contributed by atoms with Crippen molar-refractivity contribution in [3.05, 3.63) is 29.5 Å². The van der Waals surface area contributed by atoms with E-state index in [-0.39, 0.29) is 6.01 Å². The van der Waals surface area contributed by atoms with E-state index in [1.54, 1.807) is 0 Å². The Morgan fingerprint density at radius 2 is 2.07 bits per heavy atom. The third-order valence-corrected chi connectivity index (χ3v) is 5.91. The van der Waals surface area contributed by atoms with Gasteiger partial charge in [-0.2, -0.15) is 0 Å². The number of hydrogen-bond donors (Lipinski definition) is 1. The maximum atomic E-state index is 6.15. The third-order valence-electron chi connectivity index (χ3n) is 5.91. The van der Waals surface area contributed by atoms with E-state index in [2.05, 4.69) is 40.6 Å². The van der Waals surface area contributed by atoms with E-state index < -0.39 is 0 Å². The van der Waals surface area contributed by atoms with E-state index in [1.807, 2.05) is 0 Å². The number of hydrogen-bond acceptors (Lipinski definition) is 6. The van der Waals surface area contributed by atoms with Crippen LogP contribution in [-0.4, -0.2) is 48.2 Å². The molecule has 1 unspecified atom stereocenters. The summed E-state index contributed by atoms with van der Waals surface area (Å²) in [5.74, 6) is 2.26. The summed E-state index contributed by atoms with van der Waals surface area (Å²) in [6, 6.07) is 0.208. The molecule has 0 bridgehead atoms. The number of fused-ring (bicyclic) bond motifs is 1. The summed E-state index contributed by atoms with van der Waals surface area (Å²) >= 11 is 0. The van der Waals surface area contributed by atoms with Gasteiger partial charge in [0.15, 0.2) is 0 Å². The molecule has 7 heteroatoms. The Morgan fingerprint density at radius 3 is 2.78 bits per heavy atom. The first kappa shape index (κ1) is 18.1. The first-order valence-electron chi connectivity index (χ1n) is 9.87. The Balaban J connectivity index is 1.54. The molecule has 1 atom stereocenters. The summed E-state index contributed by atoms with van der Waals surface area (Å²) in [5.41, 5.74) is 8.73. The molecular weight excluding hydrogens is 339 g/mol. The number of nitrogens with two attached hydrogens (primary N) is 1. The second kappa shape index (κ2) is 7.75. The summed E-state index contributed by atoms with van der Waals surface area (Å²) in [6.45, 7) is 1.20. The molecule has 2 N–H and O–H groups in total. The molecule has 1 fully saturated rings. The molecule has 142 valence electrons. The normalized spacial score (nSPS) is 23.3. The van der Waals surface area contributed by atoms with Crippen LogP contribution in [0.3, 0.4) is 0 Å². The topological polar surface area (TPSA) is 73.5 Å². The molecule has 6 nitrogen and oxygen atoms in total. The molecule has 0 spiro atoms. The first-order valence-corrected chi connectivity index (χ1v) is 9.87. The van der Waals surface area contributed by atoms with Gasteiger partial charge in [0.2, 0.25) is 0 Å². The van der Waals surface area contributed by atoms with Gasteiger partial charge < -0.3 is 0 Å². The zero-order valence-electron chi connectivity index (χ0n) is 16.0. The van der Waals surface area contributed by atoms with Crippen LogP contribution in [0.15, 0.2) is 23.9 Å². The van der Waals surface area contributed by atoms with Crippen LogP contribution in [-0.2, 0) is 0 Å². The second-order valence-corrected chi connectivity index (χ2v) is 7.51. The quantitative estimate of drug-likeness (QED) is 0.827. The van der Waals surface area contributed by atoms with Crippen LogP contribution in [0.4, 0.5) is 5.82 Å². The average Bonchev–Trinajstić information content (AvgIpc) is 2.87. The fraction of sp³-hybridized carbons (Fsp3) is 0.550. The van der Waals surface area contributed by atoms with E-state index in [9.17, 15) is 0 Å². The standard InChI is InChI=1S/C20H27BN4O2/c1-26-20-23-18(22)16-17(21)25(11-12-27-19(16)24-20)15-9-7-14(8-10-15)13-5-3-2-4-6-13/h7,9-10,13-14,21H,2-6,8,11-12H2,1H3,(H2,22,23,24). The Kier molecular flexibility index (Phi) is 5.19. The van der Waals surface area contributed by atoms with Crippen molar-refractivity contribution in [1.82, 2.24) is 14.9 Å². The molecule has 1 aromatic rings. The summed E-state index contributed by atoms with van der Waals surface area (Å²) in [7, 11) is 5.78. The fourth-order valence-electron chi connectivity index (χ4n) is 4.43. The number of allylic oxidation sites excluding steroid dienone is 3. The van der Waals surface area contributed by atoms with E-state index in [1.165, 1.54) is 39.2 Å². The van der Waals surface area contributed by atoms with Gasteiger partial charge in [-0.05, 0) is 0 Å². The maximum absolute atomic E-state index is 6.15. The Morgan fingerprint density at radius 1 is 1.26 bits per heavy atom. The fourth-order valence-corrected chi connectivity index (χ4v) is 4.43. The number of aromatic nitrogens is 2. The summed E-state index contributed by atoms with van der Waals surface area (Å²) in [5, 5.41) is 0. The predicted molar refractivity (Wildman–Crippen MR) is 108 cm³/mol. The zero-order valence-corrected chi connectivity index (χ0v) is 16.0. The molecule has 1 aromatic heterocycles.